The fourth-order valence-corrected chi connectivity index (χ4v) is 2.06. The first kappa shape index (κ1) is 13.1. The topological polar surface area (TPSA) is 64.3 Å². The van der Waals surface area contributed by atoms with Gasteiger partial charge in [-0.25, -0.2) is 9.48 Å². The van der Waals surface area contributed by atoms with Crippen molar-refractivity contribution < 1.29 is 14.6 Å². The highest BCUT2D eigenvalue weighted by atomic mass is 16.5. The molecule has 1 heterocycles. The lowest BCUT2D eigenvalue weighted by atomic mass is 10.1. The molecule has 0 atom stereocenters. The lowest BCUT2D eigenvalue weighted by molar-refractivity contribution is 0.0693. The van der Waals surface area contributed by atoms with E-state index in [0.717, 1.165) is 11.1 Å². The highest BCUT2D eigenvalue weighted by Crippen LogP contribution is 2.31. The number of hydrogen-bond acceptors (Lipinski definition) is 3. The molecule has 0 radical (unpaired) electrons. The van der Waals surface area contributed by atoms with Crippen molar-refractivity contribution in [1.29, 1.82) is 0 Å². The Morgan fingerprint density at radius 3 is 2.37 bits per heavy atom. The van der Waals surface area contributed by atoms with Crippen LogP contribution in [0.15, 0.2) is 18.2 Å². The Morgan fingerprint density at radius 2 is 1.84 bits per heavy atom. The summed E-state index contributed by atoms with van der Waals surface area (Å²) in [5, 5.41) is 13.3. The number of benzene rings is 1. The number of carbonyl (C=O) groups is 1. The largest absolute Gasteiger partial charge is 0.477 e. The molecule has 1 aromatic carbocycles. The molecule has 0 spiro atoms. The van der Waals surface area contributed by atoms with Gasteiger partial charge >= 0.3 is 5.97 Å². The van der Waals surface area contributed by atoms with Crippen LogP contribution in [0, 0.1) is 20.8 Å². The van der Waals surface area contributed by atoms with E-state index in [4.69, 9.17) is 4.74 Å². The Labute approximate surface area is 111 Å². The second-order valence-corrected chi connectivity index (χ2v) is 4.52. The van der Waals surface area contributed by atoms with E-state index in [1.54, 1.807) is 14.0 Å². The molecule has 5 heteroatoms. The predicted molar refractivity (Wildman–Crippen MR) is 70.9 cm³/mol. The average molecular weight is 260 g/mol. The minimum atomic E-state index is -1.04. The highest BCUT2D eigenvalue weighted by Gasteiger charge is 2.22. The van der Waals surface area contributed by atoms with Crippen LogP contribution in [-0.4, -0.2) is 20.9 Å². The fourth-order valence-electron chi connectivity index (χ4n) is 2.06. The van der Waals surface area contributed by atoms with E-state index in [0.29, 0.717) is 11.4 Å². The summed E-state index contributed by atoms with van der Waals surface area (Å²) >= 11 is 0. The zero-order valence-corrected chi connectivity index (χ0v) is 11.4. The molecule has 2 aromatic rings. The summed E-state index contributed by atoms with van der Waals surface area (Å²) in [5.41, 5.74) is 2.45. The van der Waals surface area contributed by atoms with Gasteiger partial charge in [-0.2, -0.15) is 5.10 Å². The van der Waals surface area contributed by atoms with E-state index in [1.165, 1.54) is 4.68 Å². The van der Waals surface area contributed by atoms with E-state index in [1.807, 2.05) is 32.0 Å². The van der Waals surface area contributed by atoms with Crippen LogP contribution < -0.4 is 4.74 Å². The fraction of sp³-hybridized carbons (Fsp3) is 0.286. The molecule has 19 heavy (non-hydrogen) atoms. The van der Waals surface area contributed by atoms with Crippen molar-refractivity contribution >= 4 is 5.97 Å². The van der Waals surface area contributed by atoms with E-state index in [2.05, 4.69) is 5.10 Å². The molecule has 0 fully saturated rings. The molecule has 2 rings (SSSR count). The lowest BCUT2D eigenvalue weighted by Crippen LogP contribution is -2.03. The second kappa shape index (κ2) is 4.76. The molecule has 100 valence electrons. The predicted octanol–water partition coefficient (Wildman–Crippen LogP) is 2.84. The molecule has 0 saturated heterocycles. The molecule has 1 aromatic heterocycles. The molecule has 5 nitrogen and oxygen atoms in total. The number of carboxylic acid groups (broad SMARTS) is 1. The van der Waals surface area contributed by atoms with Gasteiger partial charge in [-0.3, -0.25) is 0 Å². The third kappa shape index (κ3) is 2.31. The summed E-state index contributed by atoms with van der Waals surface area (Å²) in [4.78, 5) is 11.3. The van der Waals surface area contributed by atoms with Crippen LogP contribution in [0.2, 0.25) is 0 Å². The number of nitrogens with zero attached hydrogens (tertiary/aromatic N) is 2. The molecule has 0 aliphatic carbocycles. The summed E-state index contributed by atoms with van der Waals surface area (Å²) < 4.78 is 7.25. The third-order valence-corrected chi connectivity index (χ3v) is 2.99. The number of hydrogen-bond donors (Lipinski definition) is 1. The average Bonchev–Trinajstić information content (AvgIpc) is 2.58. The molecular weight excluding hydrogens is 244 g/mol. The van der Waals surface area contributed by atoms with E-state index < -0.39 is 5.97 Å². The molecule has 0 saturated carbocycles. The van der Waals surface area contributed by atoms with Crippen LogP contribution in [0.25, 0.3) is 0 Å². The van der Waals surface area contributed by atoms with Crippen molar-refractivity contribution in [3.05, 3.63) is 40.6 Å². The van der Waals surface area contributed by atoms with Gasteiger partial charge in [0.2, 0.25) is 5.88 Å². The van der Waals surface area contributed by atoms with Crippen LogP contribution in [0.3, 0.4) is 0 Å². The molecular formula is C14H16N2O3. The number of ether oxygens (including phenoxy) is 1. The van der Waals surface area contributed by atoms with Crippen LogP contribution in [0.4, 0.5) is 0 Å². The van der Waals surface area contributed by atoms with Crippen molar-refractivity contribution in [2.45, 2.75) is 20.8 Å². The number of aryl methyl sites for hydroxylation is 4. The van der Waals surface area contributed by atoms with Crippen molar-refractivity contribution in [3.63, 3.8) is 0 Å². The van der Waals surface area contributed by atoms with Gasteiger partial charge in [-0.15, -0.1) is 0 Å². The lowest BCUT2D eigenvalue weighted by Gasteiger charge is -2.12. The first-order valence-corrected chi connectivity index (χ1v) is 5.92. The standard InChI is InChI=1S/C14H16N2O3/c1-8-6-5-7-9(2)12(8)19-13-11(14(17)18)10(3)15-16(13)4/h5-7H,1-4H3,(H,17,18). The normalized spacial score (nSPS) is 10.5. The van der Waals surface area contributed by atoms with Gasteiger partial charge in [0.15, 0.2) is 0 Å². The van der Waals surface area contributed by atoms with Crippen molar-refractivity contribution in [2.75, 3.05) is 0 Å². The molecule has 0 unspecified atom stereocenters. The maximum Gasteiger partial charge on any atom is 0.343 e. The van der Waals surface area contributed by atoms with Gasteiger partial charge in [0.25, 0.3) is 0 Å². The Balaban J connectivity index is 2.53. The molecule has 1 N–H and O–H groups in total. The number of rotatable bonds is 3. The molecule has 0 aliphatic heterocycles. The number of aromatic nitrogens is 2. The van der Waals surface area contributed by atoms with Crippen LogP contribution in [0.5, 0.6) is 11.6 Å². The third-order valence-electron chi connectivity index (χ3n) is 2.99. The smallest absolute Gasteiger partial charge is 0.343 e. The quantitative estimate of drug-likeness (QED) is 0.921. The number of carboxylic acids is 1. The Hall–Kier alpha value is -2.30. The van der Waals surface area contributed by atoms with Gasteiger partial charge in [0.05, 0.1) is 5.69 Å². The summed E-state index contributed by atoms with van der Waals surface area (Å²) in [5.74, 6) is -0.109. The maximum absolute atomic E-state index is 11.3. The minimum absolute atomic E-state index is 0.102. The summed E-state index contributed by atoms with van der Waals surface area (Å²) in [6.45, 7) is 5.50. The SMILES string of the molecule is Cc1cccc(C)c1Oc1c(C(=O)O)c(C)nn1C. The molecule has 0 amide bonds. The van der Waals surface area contributed by atoms with Gasteiger partial charge < -0.3 is 9.84 Å². The highest BCUT2D eigenvalue weighted by molar-refractivity contribution is 5.91. The first-order chi connectivity index (χ1) is 8.91. The minimum Gasteiger partial charge on any atom is -0.477 e. The Morgan fingerprint density at radius 1 is 1.26 bits per heavy atom. The molecule has 0 aliphatic rings. The van der Waals surface area contributed by atoms with Gasteiger partial charge in [-0.05, 0) is 31.9 Å². The van der Waals surface area contributed by atoms with Crippen LogP contribution in [0.1, 0.15) is 27.2 Å². The van der Waals surface area contributed by atoms with Crippen molar-refractivity contribution in [1.82, 2.24) is 9.78 Å². The Bertz CT molecular complexity index is 624. The number of para-hydroxylation sites is 1. The maximum atomic E-state index is 11.3. The van der Waals surface area contributed by atoms with E-state index in [9.17, 15) is 9.90 Å². The number of aromatic carboxylic acids is 1. The zero-order valence-electron chi connectivity index (χ0n) is 11.4. The van der Waals surface area contributed by atoms with Crippen molar-refractivity contribution in [2.24, 2.45) is 7.05 Å². The van der Waals surface area contributed by atoms with E-state index >= 15 is 0 Å². The van der Waals surface area contributed by atoms with Crippen molar-refractivity contribution in [3.8, 4) is 11.6 Å². The van der Waals surface area contributed by atoms with Crippen LogP contribution in [-0.2, 0) is 7.05 Å². The summed E-state index contributed by atoms with van der Waals surface area (Å²) in [7, 11) is 1.67. The first-order valence-electron chi connectivity index (χ1n) is 5.92. The van der Waals surface area contributed by atoms with Crippen LogP contribution >= 0.6 is 0 Å². The van der Waals surface area contributed by atoms with Gasteiger partial charge in [0, 0.05) is 7.05 Å². The second-order valence-electron chi connectivity index (χ2n) is 4.52. The Kier molecular flexibility index (Phi) is 3.29. The van der Waals surface area contributed by atoms with Gasteiger partial charge in [-0.1, -0.05) is 18.2 Å². The molecule has 0 bridgehead atoms. The summed E-state index contributed by atoms with van der Waals surface area (Å²) in [6.07, 6.45) is 0. The zero-order chi connectivity index (χ0) is 14.2. The summed E-state index contributed by atoms with van der Waals surface area (Å²) in [6, 6.07) is 5.78. The monoisotopic (exact) mass is 260 g/mol. The van der Waals surface area contributed by atoms with Gasteiger partial charge in [0.1, 0.15) is 11.3 Å². The van der Waals surface area contributed by atoms with E-state index in [-0.39, 0.29) is 11.4 Å².